The molecule has 38 heavy (non-hydrogen) atoms. The summed E-state index contributed by atoms with van der Waals surface area (Å²) in [5, 5.41) is 15.7. The summed E-state index contributed by atoms with van der Waals surface area (Å²) >= 11 is 1.65. The lowest BCUT2D eigenvalue weighted by molar-refractivity contribution is -0.112. The zero-order valence-electron chi connectivity index (χ0n) is 20.7. The summed E-state index contributed by atoms with van der Waals surface area (Å²) in [7, 11) is 0. The van der Waals surface area contributed by atoms with Crippen LogP contribution in [0.2, 0.25) is 0 Å². The van der Waals surface area contributed by atoms with Crippen LogP contribution in [0, 0.1) is 5.82 Å². The van der Waals surface area contributed by atoms with Crippen molar-refractivity contribution in [3.63, 3.8) is 0 Å². The van der Waals surface area contributed by atoms with Gasteiger partial charge in [0.1, 0.15) is 5.82 Å². The number of nitrogens with one attached hydrogen (secondary N) is 2. The Morgan fingerprint density at radius 1 is 1.05 bits per heavy atom. The van der Waals surface area contributed by atoms with Crippen LogP contribution in [0.15, 0.2) is 76.7 Å². The summed E-state index contributed by atoms with van der Waals surface area (Å²) in [5.41, 5.74) is 5.67. The molecule has 1 aliphatic heterocycles. The molecular weight excluding hydrogens is 507 g/mol. The van der Waals surface area contributed by atoms with Gasteiger partial charge >= 0.3 is 12.0 Å². The Morgan fingerprint density at radius 3 is 2.47 bits per heavy atom. The van der Waals surface area contributed by atoms with Crippen LogP contribution >= 0.6 is 11.8 Å². The van der Waals surface area contributed by atoms with Crippen LogP contribution in [0.3, 0.4) is 0 Å². The number of hydrogen-bond donors (Lipinski definition) is 3. The molecule has 3 amide bonds. The van der Waals surface area contributed by atoms with Gasteiger partial charge < -0.3 is 15.3 Å². The molecule has 0 saturated heterocycles. The predicted molar refractivity (Wildman–Crippen MR) is 147 cm³/mol. The minimum absolute atomic E-state index is 0.156. The molecule has 0 fully saturated rings. The summed E-state index contributed by atoms with van der Waals surface area (Å²) in [6, 6.07) is 17.3. The van der Waals surface area contributed by atoms with E-state index in [0.717, 1.165) is 41.2 Å². The van der Waals surface area contributed by atoms with Gasteiger partial charge in [-0.15, -0.1) is 11.8 Å². The van der Waals surface area contributed by atoms with E-state index in [1.165, 1.54) is 24.3 Å². The van der Waals surface area contributed by atoms with Crippen LogP contribution in [-0.2, 0) is 11.2 Å². The normalized spacial score (nSPS) is 13.5. The van der Waals surface area contributed by atoms with Gasteiger partial charge in [-0.2, -0.15) is 5.10 Å². The molecule has 3 aromatic carbocycles. The van der Waals surface area contributed by atoms with Crippen molar-refractivity contribution in [2.75, 3.05) is 22.5 Å². The monoisotopic (exact) mass is 534 g/mol. The number of carbonyl (C=O) groups is 3. The summed E-state index contributed by atoms with van der Waals surface area (Å²) in [6.07, 6.45) is 2.47. The number of hydrazone groups is 1. The number of amides is 3. The lowest BCUT2D eigenvalue weighted by Gasteiger charge is -2.15. The highest BCUT2D eigenvalue weighted by atomic mass is 32.2. The van der Waals surface area contributed by atoms with E-state index in [1.54, 1.807) is 28.8 Å². The number of rotatable bonds is 10. The maximum Gasteiger partial charge on any atom is 0.339 e. The third-order valence-corrected chi connectivity index (χ3v) is 6.94. The maximum atomic E-state index is 13.1. The van der Waals surface area contributed by atoms with Crippen molar-refractivity contribution in [3.05, 3.63) is 89.2 Å². The Morgan fingerprint density at radius 2 is 1.79 bits per heavy atom. The average molecular weight is 535 g/mol. The third kappa shape index (κ3) is 6.57. The Kier molecular flexibility index (Phi) is 8.75. The highest BCUT2D eigenvalue weighted by Gasteiger charge is 2.34. The van der Waals surface area contributed by atoms with Crippen molar-refractivity contribution in [1.82, 2.24) is 5.43 Å². The second-order valence-electron chi connectivity index (χ2n) is 8.62. The molecule has 0 radical (unpaired) electrons. The zero-order chi connectivity index (χ0) is 27.1. The number of fused-ring (bicyclic) bond motifs is 1. The lowest BCUT2D eigenvalue weighted by Crippen LogP contribution is -2.33. The highest BCUT2D eigenvalue weighted by Crippen LogP contribution is 2.33. The van der Waals surface area contributed by atoms with Crippen molar-refractivity contribution in [1.29, 1.82) is 0 Å². The summed E-state index contributed by atoms with van der Waals surface area (Å²) in [5.74, 6) is -0.803. The summed E-state index contributed by atoms with van der Waals surface area (Å²) < 4.78 is 13.1. The van der Waals surface area contributed by atoms with Crippen LogP contribution in [0.5, 0.6) is 0 Å². The molecular formula is C28H27FN4O4S. The number of thioether (sulfide) groups is 1. The van der Waals surface area contributed by atoms with Gasteiger partial charge in [0, 0.05) is 22.7 Å². The van der Waals surface area contributed by atoms with E-state index in [4.69, 9.17) is 5.11 Å². The number of anilines is 2. The first-order valence-electron chi connectivity index (χ1n) is 12.2. The molecule has 1 aliphatic rings. The molecule has 4 rings (SSSR count). The van der Waals surface area contributed by atoms with Gasteiger partial charge in [-0.1, -0.05) is 19.1 Å². The molecule has 3 aromatic rings. The van der Waals surface area contributed by atoms with Crippen LogP contribution in [0.1, 0.15) is 41.3 Å². The van der Waals surface area contributed by atoms with Gasteiger partial charge in [0.15, 0.2) is 5.71 Å². The number of aryl methyl sites for hydroxylation is 1. The molecule has 0 aliphatic carbocycles. The largest absolute Gasteiger partial charge is 0.478 e. The Balaban J connectivity index is 1.41. The highest BCUT2D eigenvalue weighted by molar-refractivity contribution is 7.99. The number of aromatic carboxylic acids is 1. The van der Waals surface area contributed by atoms with E-state index in [-0.39, 0.29) is 17.2 Å². The topological polar surface area (TPSA) is 111 Å². The number of carboxylic acid groups (broad SMARTS) is 1. The van der Waals surface area contributed by atoms with E-state index in [0.29, 0.717) is 17.8 Å². The summed E-state index contributed by atoms with van der Waals surface area (Å²) in [4.78, 5) is 39.0. The first-order chi connectivity index (χ1) is 18.4. The molecule has 1 heterocycles. The van der Waals surface area contributed by atoms with Crippen molar-refractivity contribution in [3.8, 4) is 0 Å². The minimum atomic E-state index is -0.939. The van der Waals surface area contributed by atoms with Crippen LogP contribution in [0.4, 0.5) is 20.6 Å². The van der Waals surface area contributed by atoms with Gasteiger partial charge in [-0.3, -0.25) is 4.79 Å². The van der Waals surface area contributed by atoms with Crippen LogP contribution in [-0.4, -0.2) is 41.0 Å². The maximum absolute atomic E-state index is 13.1. The molecule has 0 atom stereocenters. The number of halogens is 1. The fourth-order valence-electron chi connectivity index (χ4n) is 4.02. The van der Waals surface area contributed by atoms with E-state index in [1.807, 2.05) is 37.3 Å². The number of carboxylic acids is 1. The van der Waals surface area contributed by atoms with Crippen molar-refractivity contribution in [2.45, 2.75) is 31.1 Å². The molecule has 0 saturated carbocycles. The number of hydrogen-bond acceptors (Lipinski definition) is 5. The van der Waals surface area contributed by atoms with Crippen LogP contribution in [0.25, 0.3) is 0 Å². The standard InChI is InChI=1S/C28H27FN4O4S/c1-2-15-33-24-14-13-22(38-16-3-4-18-5-7-19(8-6-18)27(35)36)17-23(24)25(26(33)34)31-32-28(37)30-21-11-9-20(29)10-12-21/h5-14,17H,2-4,15-16H2,1H3,(H,35,36)(H2,30,32,37)/b31-25+. The molecule has 196 valence electrons. The number of nitrogens with zero attached hydrogens (tertiary/aromatic N) is 2. The second kappa shape index (κ2) is 12.4. The van der Waals surface area contributed by atoms with Crippen molar-refractivity contribution >= 4 is 46.8 Å². The Hall–Kier alpha value is -4.18. The van der Waals surface area contributed by atoms with Crippen molar-refractivity contribution in [2.24, 2.45) is 5.10 Å². The second-order valence-corrected chi connectivity index (χ2v) is 9.79. The Labute approximate surface area is 223 Å². The zero-order valence-corrected chi connectivity index (χ0v) is 21.6. The molecule has 0 aromatic heterocycles. The third-order valence-electron chi connectivity index (χ3n) is 5.86. The number of benzene rings is 3. The fraction of sp³-hybridized carbons (Fsp3) is 0.214. The number of carbonyl (C=O) groups excluding carboxylic acids is 2. The Bertz CT molecular complexity index is 1360. The van der Waals surface area contributed by atoms with Gasteiger partial charge in [-0.25, -0.2) is 19.4 Å². The molecule has 0 unspecified atom stereocenters. The van der Waals surface area contributed by atoms with Gasteiger partial charge in [0.2, 0.25) is 0 Å². The summed E-state index contributed by atoms with van der Waals surface area (Å²) in [6.45, 7) is 2.51. The minimum Gasteiger partial charge on any atom is -0.478 e. The molecule has 0 spiro atoms. The van der Waals surface area contributed by atoms with Crippen LogP contribution < -0.4 is 15.6 Å². The molecule has 10 heteroatoms. The molecule has 0 bridgehead atoms. The van der Waals surface area contributed by atoms with E-state index >= 15 is 0 Å². The first-order valence-corrected chi connectivity index (χ1v) is 13.2. The number of urea groups is 1. The SMILES string of the molecule is CCCN1C(=O)/C(=N/NC(=O)Nc2ccc(F)cc2)c2cc(SCCCc3ccc(C(=O)O)cc3)ccc21. The lowest BCUT2D eigenvalue weighted by atomic mass is 10.1. The first kappa shape index (κ1) is 26.9. The van der Waals surface area contributed by atoms with Gasteiger partial charge in [0.25, 0.3) is 5.91 Å². The fourth-order valence-corrected chi connectivity index (χ4v) is 4.91. The molecule has 8 nitrogen and oxygen atoms in total. The van der Waals surface area contributed by atoms with Gasteiger partial charge in [-0.05, 0) is 85.2 Å². The van der Waals surface area contributed by atoms with E-state index in [9.17, 15) is 18.8 Å². The molecule has 3 N–H and O–H groups in total. The van der Waals surface area contributed by atoms with Gasteiger partial charge in [0.05, 0.1) is 11.3 Å². The smallest absolute Gasteiger partial charge is 0.339 e. The average Bonchev–Trinajstić information content (AvgIpc) is 3.17. The van der Waals surface area contributed by atoms with E-state index < -0.39 is 17.8 Å². The predicted octanol–water partition coefficient (Wildman–Crippen LogP) is 5.53. The quantitative estimate of drug-likeness (QED) is 0.180. The van der Waals surface area contributed by atoms with Crippen molar-refractivity contribution < 1.29 is 23.9 Å². The van der Waals surface area contributed by atoms with E-state index in [2.05, 4.69) is 15.8 Å².